The molecular weight excluding hydrogens is 829 g/mol. The Kier molecular flexibility index (Phi) is 5.61. The highest BCUT2D eigenvalue weighted by Gasteiger charge is 2.22. The molecule has 0 atom stereocenters. The van der Waals surface area contributed by atoms with E-state index in [4.69, 9.17) is 32.2 Å². The second kappa shape index (κ2) is 16.9. The van der Waals surface area contributed by atoms with Gasteiger partial charge in [-0.1, -0.05) is 163 Å². The first-order valence-corrected chi connectivity index (χ1v) is 21.1. The Morgan fingerprint density at radius 1 is 0.515 bits per heavy atom. The van der Waals surface area contributed by atoms with E-state index in [0.717, 1.165) is 5.39 Å². The first-order valence-electron chi connectivity index (χ1n) is 33.1. The maximum Gasteiger partial charge on any atom is 0.269 e. The van der Waals surface area contributed by atoms with Crippen molar-refractivity contribution in [2.75, 3.05) is 0 Å². The van der Waals surface area contributed by atoms with Gasteiger partial charge in [0.15, 0.2) is 0 Å². The topological polar surface area (TPSA) is 35.9 Å². The Morgan fingerprint density at radius 3 is 1.85 bits per heavy atom. The molecule has 0 unspecified atom stereocenters. The van der Waals surface area contributed by atoms with Crippen LogP contribution in [0.5, 0.6) is 11.5 Å². The Labute approximate surface area is 429 Å². The zero-order valence-electron chi connectivity index (χ0n) is 59.4. The number of benzene rings is 9. The lowest BCUT2D eigenvalue weighted by Gasteiger charge is -2.17. The number of fused-ring (bicyclic) bond motifs is 4. The average molecular weight is 899 g/mol. The standard InChI is InChI=1S/C63H46N4O/c1-42-18-15-19-43(2)62(42)48-32-35-58-60(37-48)65(41-66(58)63-52(45-20-7-4-8-21-45)29-17-30-53(63)46-22-9-5-10-23-46)49-26-16-27-50(38-49)68-51-33-34-55-54-28-13-14-31-57(54)67(59(55)39-51)61-36-44(3)56(40-64-61)47-24-11-6-12-25-47/h4-40H,1-3H3/i1D3,2D3,3D3,4D,5D,6D,7D,8D,9D,10D,11D,12D,20D,21D,22D,23D,24D,25D. The Balaban J connectivity index is 1.09. The van der Waals surface area contributed by atoms with Crippen molar-refractivity contribution in [2.45, 2.75) is 20.6 Å². The summed E-state index contributed by atoms with van der Waals surface area (Å²) in [6.45, 7) is -8.53. The first kappa shape index (κ1) is 22.6. The minimum atomic E-state index is -2.87. The largest absolute Gasteiger partial charge is 0.458 e. The van der Waals surface area contributed by atoms with Crippen LogP contribution in [-0.2, 0) is 0 Å². The summed E-state index contributed by atoms with van der Waals surface area (Å²) in [5, 5.41) is 1.43. The minimum Gasteiger partial charge on any atom is -0.458 e. The molecule has 5 nitrogen and oxygen atoms in total. The molecule has 68 heavy (non-hydrogen) atoms. The molecule has 12 rings (SSSR count). The normalized spacial score (nSPS) is 17.1. The van der Waals surface area contributed by atoms with Crippen molar-refractivity contribution in [3.63, 3.8) is 0 Å². The molecule has 3 aromatic heterocycles. The Hall–Kier alpha value is -8.80. The van der Waals surface area contributed by atoms with Crippen molar-refractivity contribution in [2.24, 2.45) is 0 Å². The lowest BCUT2D eigenvalue weighted by Crippen LogP contribution is -2.31. The van der Waals surface area contributed by atoms with Crippen molar-refractivity contribution >= 4 is 32.8 Å². The van der Waals surface area contributed by atoms with E-state index in [9.17, 15) is 5.48 Å². The number of imidazole rings is 1. The number of aryl methyl sites for hydroxylation is 3. The minimum absolute atomic E-state index is 0.0622. The third kappa shape index (κ3) is 7.13. The van der Waals surface area contributed by atoms with Gasteiger partial charge >= 0.3 is 0 Å². The van der Waals surface area contributed by atoms with Gasteiger partial charge in [-0.15, -0.1) is 0 Å². The predicted octanol–water partition coefficient (Wildman–Crippen LogP) is 15.6. The summed E-state index contributed by atoms with van der Waals surface area (Å²) in [6.07, 6.45) is 4.50. The van der Waals surface area contributed by atoms with Crippen LogP contribution in [-0.4, -0.2) is 14.1 Å². The lowest BCUT2D eigenvalue weighted by molar-refractivity contribution is -0.571. The van der Waals surface area contributed by atoms with Crippen LogP contribution >= 0.6 is 0 Å². The highest BCUT2D eigenvalue weighted by atomic mass is 16.5. The fraction of sp³-hybridized carbons (Fsp3) is 0.0476. The van der Waals surface area contributed by atoms with Crippen molar-refractivity contribution in [3.8, 4) is 73.2 Å². The molecule has 0 fully saturated rings. The molecule has 0 spiro atoms. The molecule has 324 valence electrons. The maximum atomic E-state index is 9.18. The number of pyridine rings is 1. The number of hydrogen-bond donors (Lipinski definition) is 0. The van der Waals surface area contributed by atoms with Gasteiger partial charge in [0.1, 0.15) is 17.3 Å². The van der Waals surface area contributed by atoms with E-state index in [-0.39, 0.29) is 101 Å². The van der Waals surface area contributed by atoms with Crippen LogP contribution in [0.4, 0.5) is 0 Å². The summed E-state index contributed by atoms with van der Waals surface area (Å²) in [6, 6.07) is 23.3. The van der Waals surface area contributed by atoms with Crippen LogP contribution in [0.25, 0.3) is 94.5 Å². The smallest absolute Gasteiger partial charge is 0.269 e. The summed E-state index contributed by atoms with van der Waals surface area (Å²) >= 11 is 0. The molecule has 0 N–H and O–H groups in total. The lowest BCUT2D eigenvalue weighted by atomic mass is 9.95. The summed E-state index contributed by atoms with van der Waals surface area (Å²) < 4.78 is 219. The van der Waals surface area contributed by atoms with Crippen LogP contribution in [0.15, 0.2) is 224 Å². The third-order valence-electron chi connectivity index (χ3n) is 11.7. The van der Waals surface area contributed by atoms with Crippen LogP contribution < -0.4 is 9.30 Å². The molecule has 0 amide bonds. The van der Waals surface area contributed by atoms with Gasteiger partial charge in [-0.05, 0) is 125 Å². The van der Waals surface area contributed by atoms with Gasteiger partial charge in [-0.3, -0.25) is 13.7 Å². The van der Waals surface area contributed by atoms with E-state index in [1.54, 1.807) is 59.2 Å². The third-order valence-corrected chi connectivity index (χ3v) is 11.7. The Morgan fingerprint density at radius 2 is 1.15 bits per heavy atom. The molecule has 0 bridgehead atoms. The molecule has 3 heterocycles. The van der Waals surface area contributed by atoms with E-state index >= 15 is 0 Å². The second-order valence-electron chi connectivity index (χ2n) is 15.6. The van der Waals surface area contributed by atoms with E-state index in [2.05, 4.69) is 11.3 Å². The number of ether oxygens (including phenoxy) is 1. The summed E-state index contributed by atoms with van der Waals surface area (Å²) in [5.41, 5.74) is -0.503. The molecular formula is C63H46N4O. The quantitative estimate of drug-likeness (QED) is 0.107. The van der Waals surface area contributed by atoms with Crippen molar-refractivity contribution in [3.05, 3.63) is 247 Å². The van der Waals surface area contributed by atoms with Gasteiger partial charge in [-0.2, -0.15) is 0 Å². The van der Waals surface area contributed by atoms with E-state index < -0.39 is 111 Å². The van der Waals surface area contributed by atoms with Gasteiger partial charge in [0.05, 0.1) is 54.0 Å². The van der Waals surface area contributed by atoms with E-state index in [1.807, 2.05) is 12.1 Å². The van der Waals surface area contributed by atoms with Gasteiger partial charge in [0.25, 0.3) is 6.33 Å². The molecule has 0 aliphatic rings. The van der Waals surface area contributed by atoms with Crippen molar-refractivity contribution in [1.82, 2.24) is 14.1 Å². The van der Waals surface area contributed by atoms with Crippen LogP contribution in [0.2, 0.25) is 0 Å². The van der Waals surface area contributed by atoms with Crippen LogP contribution in [0.1, 0.15) is 49.6 Å². The number of para-hydroxylation sites is 2. The number of aromatic nitrogens is 4. The fourth-order valence-corrected chi connectivity index (χ4v) is 8.68. The molecule has 0 aliphatic carbocycles. The fourth-order valence-electron chi connectivity index (χ4n) is 8.68. The zero-order valence-corrected chi connectivity index (χ0v) is 35.4. The molecule has 9 aromatic carbocycles. The van der Waals surface area contributed by atoms with Crippen molar-refractivity contribution < 1.29 is 42.2 Å². The maximum absolute atomic E-state index is 9.18. The van der Waals surface area contributed by atoms with Crippen LogP contribution in [0, 0.1) is 26.9 Å². The second-order valence-corrected chi connectivity index (χ2v) is 15.6. The molecule has 0 radical (unpaired) electrons. The molecule has 0 aliphatic heterocycles. The van der Waals surface area contributed by atoms with Gasteiger partial charge in [-0.25, -0.2) is 4.98 Å². The Bertz CT molecular complexity index is 4920. The zero-order chi connectivity index (χ0) is 66.3. The molecule has 0 saturated heterocycles. The van der Waals surface area contributed by atoms with E-state index in [1.165, 1.54) is 76.0 Å². The predicted molar refractivity (Wildman–Crippen MR) is 278 cm³/mol. The number of hydrogen-bond acceptors (Lipinski definition) is 2. The van der Waals surface area contributed by atoms with E-state index in [0.29, 0.717) is 16.4 Å². The monoisotopic (exact) mass is 899 g/mol. The molecule has 12 aromatic rings. The first-order chi connectivity index (χ1) is 43.3. The summed E-state index contributed by atoms with van der Waals surface area (Å²) in [4.78, 5) is 4.67. The SMILES string of the molecule is [2H]c1c([2H])c([2H])c(-c2cnc(-n3c4ccccc4c4ccc(Oc5cccc(-n6[c-][n+](-c7c(-c8c([2H])c([2H])c([2H])c([2H])c8[2H])cccc7-c7c([2H])c([2H])c([2H])c([2H])c7[2H])c7ccc(-c8c(C([2H])([2H])[2H])cccc8C([2H])([2H])[2H])cc76)c5)cc43)cc2C([2H])([2H])[2H])c([2H])c1[2H]. The summed E-state index contributed by atoms with van der Waals surface area (Å²) in [5.74, 6) is 0.555. The van der Waals surface area contributed by atoms with Gasteiger partial charge in [0, 0.05) is 40.9 Å². The highest BCUT2D eigenvalue weighted by molar-refractivity contribution is 6.09. The van der Waals surface area contributed by atoms with Crippen LogP contribution in [0.3, 0.4) is 0 Å². The molecule has 0 saturated carbocycles. The van der Waals surface area contributed by atoms with Gasteiger partial charge in [0.2, 0.25) is 0 Å². The number of rotatable bonds is 9. The number of nitrogens with zero attached hydrogens (tertiary/aromatic N) is 4. The summed E-state index contributed by atoms with van der Waals surface area (Å²) in [7, 11) is 0. The highest BCUT2D eigenvalue weighted by Crippen LogP contribution is 2.39. The van der Waals surface area contributed by atoms with Crippen molar-refractivity contribution in [1.29, 1.82) is 0 Å². The van der Waals surface area contributed by atoms with Gasteiger partial charge < -0.3 is 4.74 Å². The average Bonchev–Trinajstić information content (AvgIpc) is 1.41. The molecule has 5 heteroatoms.